The first-order valence-electron chi connectivity index (χ1n) is 6.09. The molecule has 106 valence electrons. The predicted molar refractivity (Wildman–Crippen MR) is 80.5 cm³/mol. The molecule has 2 N–H and O–H groups in total. The molecule has 0 saturated heterocycles. The van der Waals surface area contributed by atoms with E-state index >= 15 is 0 Å². The zero-order valence-electron chi connectivity index (χ0n) is 11.5. The maximum Gasteiger partial charge on any atom is 0.137 e. The van der Waals surface area contributed by atoms with Gasteiger partial charge in [-0.1, -0.05) is 12.1 Å². The Morgan fingerprint density at radius 3 is 2.60 bits per heavy atom. The van der Waals surface area contributed by atoms with E-state index in [0.29, 0.717) is 22.1 Å². The van der Waals surface area contributed by atoms with Gasteiger partial charge in [-0.2, -0.15) is 0 Å². The molecule has 2 rings (SSSR count). The molecule has 1 atom stereocenters. The van der Waals surface area contributed by atoms with Gasteiger partial charge in [0.15, 0.2) is 0 Å². The van der Waals surface area contributed by atoms with Gasteiger partial charge in [0.2, 0.25) is 0 Å². The Labute approximate surface area is 121 Å². The molecule has 0 saturated carbocycles. The van der Waals surface area contributed by atoms with Crippen molar-refractivity contribution >= 4 is 16.5 Å². The van der Waals surface area contributed by atoms with Crippen molar-refractivity contribution in [2.45, 2.75) is 10.6 Å². The van der Waals surface area contributed by atoms with Crippen molar-refractivity contribution in [3.05, 3.63) is 48.0 Å². The fourth-order valence-electron chi connectivity index (χ4n) is 1.86. The smallest absolute Gasteiger partial charge is 0.137 e. The molecule has 0 aliphatic rings. The number of ether oxygens (including phenoxy) is 2. The number of benzene rings is 2. The van der Waals surface area contributed by atoms with Crippen LogP contribution in [-0.2, 0) is 16.6 Å². The van der Waals surface area contributed by atoms with Crippen molar-refractivity contribution in [1.82, 2.24) is 0 Å². The number of nitrogen functional groups attached to an aromatic ring is 1. The first kappa shape index (κ1) is 14.4. The van der Waals surface area contributed by atoms with Crippen LogP contribution in [0.5, 0.6) is 11.5 Å². The fraction of sp³-hybridized carbons (Fsp3) is 0.200. The van der Waals surface area contributed by atoms with Crippen LogP contribution in [0.1, 0.15) is 5.56 Å². The minimum absolute atomic E-state index is 0.400. The third-order valence-electron chi connectivity index (χ3n) is 2.86. The molecule has 20 heavy (non-hydrogen) atoms. The monoisotopic (exact) mass is 291 g/mol. The Balaban J connectivity index is 2.23. The molecule has 0 aliphatic carbocycles. The lowest BCUT2D eigenvalue weighted by Crippen LogP contribution is -2.00. The number of anilines is 1. The van der Waals surface area contributed by atoms with E-state index in [1.165, 1.54) is 0 Å². The van der Waals surface area contributed by atoms with Gasteiger partial charge in [0.25, 0.3) is 0 Å². The Hall–Kier alpha value is -2.01. The third-order valence-corrected chi connectivity index (χ3v) is 4.29. The molecule has 2 aromatic rings. The molecule has 0 bridgehead atoms. The minimum atomic E-state index is -1.20. The Kier molecular flexibility index (Phi) is 4.63. The highest BCUT2D eigenvalue weighted by atomic mass is 32.2. The van der Waals surface area contributed by atoms with Gasteiger partial charge in [-0.15, -0.1) is 0 Å². The van der Waals surface area contributed by atoms with E-state index in [1.807, 2.05) is 24.3 Å². The minimum Gasteiger partial charge on any atom is -0.497 e. The second-order valence-electron chi connectivity index (χ2n) is 4.25. The predicted octanol–water partition coefficient (Wildman–Crippen LogP) is 2.59. The number of methoxy groups -OCH3 is 2. The van der Waals surface area contributed by atoms with Gasteiger partial charge in [-0.05, 0) is 29.8 Å². The molecule has 0 radical (unpaired) electrons. The highest BCUT2D eigenvalue weighted by molar-refractivity contribution is 7.84. The number of hydrogen-bond donors (Lipinski definition) is 1. The number of nitrogens with two attached hydrogens (primary N) is 1. The second-order valence-corrected chi connectivity index (χ2v) is 5.67. The quantitative estimate of drug-likeness (QED) is 0.860. The lowest BCUT2D eigenvalue weighted by molar-refractivity contribution is 0.404. The van der Waals surface area contributed by atoms with Gasteiger partial charge in [0.05, 0.1) is 35.7 Å². The van der Waals surface area contributed by atoms with Gasteiger partial charge in [-0.3, -0.25) is 4.21 Å². The van der Waals surface area contributed by atoms with Crippen molar-refractivity contribution in [3.8, 4) is 11.5 Å². The SMILES string of the molecule is COc1cccc(CS(=O)c2ccc(N)cc2OC)c1. The average molecular weight is 291 g/mol. The molecular weight excluding hydrogens is 274 g/mol. The summed E-state index contributed by atoms with van der Waals surface area (Å²) in [7, 11) is 1.95. The van der Waals surface area contributed by atoms with Crippen LogP contribution in [0.15, 0.2) is 47.4 Å². The number of hydrogen-bond acceptors (Lipinski definition) is 4. The molecule has 0 fully saturated rings. The van der Waals surface area contributed by atoms with Crippen LogP contribution in [-0.4, -0.2) is 18.4 Å². The topological polar surface area (TPSA) is 61.5 Å². The Morgan fingerprint density at radius 2 is 1.90 bits per heavy atom. The summed E-state index contributed by atoms with van der Waals surface area (Å²) >= 11 is 0. The van der Waals surface area contributed by atoms with Crippen molar-refractivity contribution in [2.24, 2.45) is 0 Å². The Bertz CT molecular complexity index is 628. The summed E-state index contributed by atoms with van der Waals surface area (Å²) in [6.45, 7) is 0. The molecular formula is C15H17NO3S. The lowest BCUT2D eigenvalue weighted by atomic mass is 10.2. The average Bonchev–Trinajstić information content (AvgIpc) is 2.47. The fourth-order valence-corrected chi connectivity index (χ4v) is 3.09. The van der Waals surface area contributed by atoms with Crippen molar-refractivity contribution in [1.29, 1.82) is 0 Å². The van der Waals surface area contributed by atoms with Crippen LogP contribution in [0, 0.1) is 0 Å². The molecule has 0 heterocycles. The lowest BCUT2D eigenvalue weighted by Gasteiger charge is -2.09. The highest BCUT2D eigenvalue weighted by Crippen LogP contribution is 2.26. The van der Waals surface area contributed by atoms with Crippen LogP contribution in [0.3, 0.4) is 0 Å². The summed E-state index contributed by atoms with van der Waals surface area (Å²) in [5.74, 6) is 1.70. The van der Waals surface area contributed by atoms with Crippen LogP contribution < -0.4 is 15.2 Å². The zero-order chi connectivity index (χ0) is 14.5. The Morgan fingerprint density at radius 1 is 1.10 bits per heavy atom. The maximum atomic E-state index is 12.5. The maximum absolute atomic E-state index is 12.5. The van der Waals surface area contributed by atoms with Crippen LogP contribution in [0.25, 0.3) is 0 Å². The molecule has 0 amide bonds. The molecule has 2 aromatic carbocycles. The zero-order valence-corrected chi connectivity index (χ0v) is 12.3. The molecule has 0 aromatic heterocycles. The summed E-state index contributed by atoms with van der Waals surface area (Å²) in [5.41, 5.74) is 7.23. The van der Waals surface area contributed by atoms with Gasteiger partial charge >= 0.3 is 0 Å². The van der Waals surface area contributed by atoms with Gasteiger partial charge in [-0.25, -0.2) is 0 Å². The molecule has 4 nitrogen and oxygen atoms in total. The van der Waals surface area contributed by atoms with Crippen molar-refractivity contribution in [2.75, 3.05) is 20.0 Å². The second kappa shape index (κ2) is 6.43. The molecule has 0 aliphatic heterocycles. The van der Waals surface area contributed by atoms with Gasteiger partial charge in [0, 0.05) is 11.8 Å². The van der Waals surface area contributed by atoms with Crippen molar-refractivity contribution in [3.63, 3.8) is 0 Å². The van der Waals surface area contributed by atoms with E-state index in [-0.39, 0.29) is 0 Å². The van der Waals surface area contributed by atoms with E-state index in [4.69, 9.17) is 15.2 Å². The third kappa shape index (κ3) is 3.30. The van der Waals surface area contributed by atoms with E-state index in [9.17, 15) is 4.21 Å². The summed E-state index contributed by atoms with van der Waals surface area (Å²) < 4.78 is 22.8. The first-order valence-corrected chi connectivity index (χ1v) is 7.40. The summed E-state index contributed by atoms with van der Waals surface area (Å²) in [5, 5.41) is 0. The van der Waals surface area contributed by atoms with Crippen LogP contribution in [0.2, 0.25) is 0 Å². The summed E-state index contributed by atoms with van der Waals surface area (Å²) in [4.78, 5) is 0.643. The standard InChI is InChI=1S/C15H17NO3S/c1-18-13-5-3-4-11(8-13)10-20(17)15-7-6-12(16)9-14(15)19-2/h3-9H,10,16H2,1-2H3. The van der Waals surface area contributed by atoms with Crippen LogP contribution in [0.4, 0.5) is 5.69 Å². The normalized spacial score (nSPS) is 11.9. The van der Waals surface area contributed by atoms with Gasteiger partial charge in [0.1, 0.15) is 11.5 Å². The van der Waals surface area contributed by atoms with E-state index in [0.717, 1.165) is 11.3 Å². The molecule has 0 spiro atoms. The summed E-state index contributed by atoms with van der Waals surface area (Å²) in [6.07, 6.45) is 0. The largest absolute Gasteiger partial charge is 0.497 e. The first-order chi connectivity index (χ1) is 9.63. The number of rotatable bonds is 5. The van der Waals surface area contributed by atoms with Crippen molar-refractivity contribution < 1.29 is 13.7 Å². The van der Waals surface area contributed by atoms with E-state index in [1.54, 1.807) is 32.4 Å². The molecule has 5 heteroatoms. The molecule has 1 unspecified atom stereocenters. The van der Waals surface area contributed by atoms with E-state index < -0.39 is 10.8 Å². The van der Waals surface area contributed by atoms with Gasteiger partial charge < -0.3 is 15.2 Å². The highest BCUT2D eigenvalue weighted by Gasteiger charge is 2.12. The van der Waals surface area contributed by atoms with Crippen LogP contribution >= 0.6 is 0 Å². The van der Waals surface area contributed by atoms with E-state index in [2.05, 4.69) is 0 Å². The summed E-state index contributed by atoms with van der Waals surface area (Å²) in [6, 6.07) is 12.7.